The van der Waals surface area contributed by atoms with E-state index in [1.54, 1.807) is 7.05 Å². The van der Waals surface area contributed by atoms with Crippen LogP contribution < -0.4 is 16.6 Å². The summed E-state index contributed by atoms with van der Waals surface area (Å²) in [5.41, 5.74) is 0.302. The predicted octanol–water partition coefficient (Wildman–Crippen LogP) is 0.800. The number of fused-ring (bicyclic) bond motifs is 1. The van der Waals surface area contributed by atoms with Crippen LogP contribution in [0.25, 0.3) is 11.2 Å². The summed E-state index contributed by atoms with van der Waals surface area (Å²) in [6.45, 7) is 10.8. The molecule has 0 amide bonds. The van der Waals surface area contributed by atoms with E-state index in [0.717, 1.165) is 23.5 Å². The van der Waals surface area contributed by atoms with Crippen LogP contribution in [0.1, 0.15) is 26.6 Å². The number of hydrogen-bond acceptors (Lipinski definition) is 4. The molecule has 0 fully saturated rings. The van der Waals surface area contributed by atoms with E-state index in [0.29, 0.717) is 17.7 Å². The van der Waals surface area contributed by atoms with Crippen molar-refractivity contribution in [3.05, 3.63) is 26.7 Å². The predicted molar refractivity (Wildman–Crippen MR) is 92.1 cm³/mol. The number of aromatic nitrogens is 4. The summed E-state index contributed by atoms with van der Waals surface area (Å²) in [5.74, 6) is 0.746. The summed E-state index contributed by atoms with van der Waals surface area (Å²) in [6.07, 6.45) is 0. The van der Waals surface area contributed by atoms with Crippen LogP contribution >= 0.6 is 12.4 Å². The number of imidazole rings is 1. The molecule has 0 aliphatic heterocycles. The molecule has 0 aromatic carbocycles. The smallest absolute Gasteiger partial charge is 0.323 e. The standard InChI is InChI=1S/C10H14N4O2.C4H11N.ClH/c1-5-14-6(2)11-8-7(14)9(15)13(4)10(16)12(8)3;1-3-5-4-2;/h5H2,1-4H3;5H,3-4H2,1-2H3;1H. The van der Waals surface area contributed by atoms with Gasteiger partial charge in [-0.3, -0.25) is 13.9 Å². The first-order valence-electron chi connectivity index (χ1n) is 7.24. The van der Waals surface area contributed by atoms with Gasteiger partial charge in [0, 0.05) is 20.6 Å². The van der Waals surface area contributed by atoms with Gasteiger partial charge in [0.1, 0.15) is 5.82 Å². The monoisotopic (exact) mass is 331 g/mol. The molecular formula is C14H26ClN5O2. The zero-order chi connectivity index (χ0) is 16.2. The molecular weight excluding hydrogens is 306 g/mol. The van der Waals surface area contributed by atoms with Gasteiger partial charge in [-0.05, 0) is 26.9 Å². The van der Waals surface area contributed by atoms with Crippen molar-refractivity contribution >= 4 is 23.6 Å². The summed E-state index contributed by atoms with van der Waals surface area (Å²) in [7, 11) is 3.10. The number of halogens is 1. The highest BCUT2D eigenvalue weighted by Crippen LogP contribution is 2.09. The van der Waals surface area contributed by atoms with Gasteiger partial charge in [-0.15, -0.1) is 12.4 Å². The minimum Gasteiger partial charge on any atom is -0.323 e. The van der Waals surface area contributed by atoms with Gasteiger partial charge < -0.3 is 9.88 Å². The van der Waals surface area contributed by atoms with E-state index in [1.165, 1.54) is 11.6 Å². The molecule has 0 spiro atoms. The highest BCUT2D eigenvalue weighted by atomic mass is 35.5. The Hall–Kier alpha value is -1.60. The van der Waals surface area contributed by atoms with E-state index < -0.39 is 0 Å². The lowest BCUT2D eigenvalue weighted by Gasteiger charge is -2.04. The van der Waals surface area contributed by atoms with Gasteiger partial charge in [-0.1, -0.05) is 13.8 Å². The Kier molecular flexibility index (Phi) is 8.11. The van der Waals surface area contributed by atoms with Crippen molar-refractivity contribution in [1.82, 2.24) is 24.0 Å². The largest absolute Gasteiger partial charge is 0.332 e. The van der Waals surface area contributed by atoms with E-state index in [1.807, 2.05) is 18.4 Å². The van der Waals surface area contributed by atoms with Crippen molar-refractivity contribution in [3.8, 4) is 0 Å². The highest BCUT2D eigenvalue weighted by Gasteiger charge is 2.15. The van der Waals surface area contributed by atoms with Gasteiger partial charge in [0.25, 0.3) is 5.56 Å². The molecule has 2 rings (SSSR count). The third-order valence-corrected chi connectivity index (χ3v) is 3.36. The lowest BCUT2D eigenvalue weighted by molar-refractivity contribution is 0.697. The first kappa shape index (κ1) is 20.4. The molecule has 22 heavy (non-hydrogen) atoms. The number of nitrogens with one attached hydrogen (secondary N) is 1. The van der Waals surface area contributed by atoms with Gasteiger partial charge in [-0.2, -0.15) is 0 Å². The Morgan fingerprint density at radius 1 is 1.05 bits per heavy atom. The second-order valence-corrected chi connectivity index (χ2v) is 4.74. The SMILES string of the molecule is CCNCC.CCn1c(C)nc2c1c(=O)n(C)c(=O)n2C.Cl. The maximum absolute atomic E-state index is 12.0. The quantitative estimate of drug-likeness (QED) is 0.903. The van der Waals surface area contributed by atoms with E-state index in [4.69, 9.17) is 0 Å². The van der Waals surface area contributed by atoms with Crippen molar-refractivity contribution in [2.75, 3.05) is 13.1 Å². The van der Waals surface area contributed by atoms with Crippen LogP contribution in [-0.2, 0) is 20.6 Å². The maximum Gasteiger partial charge on any atom is 0.332 e. The van der Waals surface area contributed by atoms with E-state index >= 15 is 0 Å². The van der Waals surface area contributed by atoms with Crippen molar-refractivity contribution in [3.63, 3.8) is 0 Å². The lowest BCUT2D eigenvalue weighted by atomic mass is 10.5. The second kappa shape index (κ2) is 8.75. The molecule has 2 aromatic rings. The zero-order valence-electron chi connectivity index (χ0n) is 14.1. The Balaban J connectivity index is 0.000000644. The fraction of sp³-hybridized carbons (Fsp3) is 0.643. The van der Waals surface area contributed by atoms with Crippen LogP contribution in [-0.4, -0.2) is 31.8 Å². The van der Waals surface area contributed by atoms with Gasteiger partial charge in [0.2, 0.25) is 0 Å². The molecule has 2 aromatic heterocycles. The number of rotatable bonds is 3. The lowest BCUT2D eigenvalue weighted by Crippen LogP contribution is -2.37. The van der Waals surface area contributed by atoms with Gasteiger partial charge in [-0.25, -0.2) is 9.78 Å². The molecule has 8 heteroatoms. The maximum atomic E-state index is 12.0. The molecule has 0 saturated carbocycles. The van der Waals surface area contributed by atoms with Crippen LogP contribution in [0.5, 0.6) is 0 Å². The highest BCUT2D eigenvalue weighted by molar-refractivity contribution is 5.85. The Morgan fingerprint density at radius 3 is 2.00 bits per heavy atom. The van der Waals surface area contributed by atoms with Crippen LogP contribution in [0.2, 0.25) is 0 Å². The first-order valence-corrected chi connectivity index (χ1v) is 7.24. The average molecular weight is 332 g/mol. The van der Waals surface area contributed by atoms with Crippen LogP contribution in [0.4, 0.5) is 0 Å². The number of nitrogens with zero attached hydrogens (tertiary/aromatic N) is 4. The van der Waals surface area contributed by atoms with Crippen molar-refractivity contribution in [2.45, 2.75) is 34.2 Å². The molecule has 0 radical (unpaired) electrons. The topological polar surface area (TPSA) is 73.8 Å². The summed E-state index contributed by atoms with van der Waals surface area (Å²) < 4.78 is 4.32. The van der Waals surface area contributed by atoms with E-state index in [2.05, 4.69) is 24.1 Å². The Morgan fingerprint density at radius 2 is 1.59 bits per heavy atom. The molecule has 0 saturated heterocycles. The molecule has 7 nitrogen and oxygen atoms in total. The third-order valence-electron chi connectivity index (χ3n) is 3.36. The zero-order valence-corrected chi connectivity index (χ0v) is 15.0. The molecule has 0 bridgehead atoms. The summed E-state index contributed by atoms with van der Waals surface area (Å²) >= 11 is 0. The Labute approximate surface area is 136 Å². The second-order valence-electron chi connectivity index (χ2n) is 4.74. The Bertz CT molecular complexity index is 727. The molecule has 0 unspecified atom stereocenters. The van der Waals surface area contributed by atoms with Crippen LogP contribution in [0, 0.1) is 6.92 Å². The van der Waals surface area contributed by atoms with Crippen molar-refractivity contribution in [2.24, 2.45) is 14.1 Å². The number of aryl methyl sites for hydroxylation is 3. The molecule has 2 heterocycles. The first-order chi connectivity index (χ1) is 9.90. The molecule has 1 N–H and O–H groups in total. The number of hydrogen-bond donors (Lipinski definition) is 1. The molecule has 0 atom stereocenters. The van der Waals surface area contributed by atoms with Gasteiger partial charge in [0.15, 0.2) is 11.2 Å². The van der Waals surface area contributed by atoms with Crippen molar-refractivity contribution in [1.29, 1.82) is 0 Å². The fourth-order valence-electron chi connectivity index (χ4n) is 2.19. The average Bonchev–Trinajstić information content (AvgIpc) is 2.81. The summed E-state index contributed by atoms with van der Waals surface area (Å²) in [4.78, 5) is 27.9. The van der Waals surface area contributed by atoms with Crippen LogP contribution in [0.15, 0.2) is 9.59 Å². The van der Waals surface area contributed by atoms with Gasteiger partial charge >= 0.3 is 5.69 Å². The van der Waals surface area contributed by atoms with E-state index in [-0.39, 0.29) is 23.7 Å². The van der Waals surface area contributed by atoms with E-state index in [9.17, 15) is 9.59 Å². The summed E-state index contributed by atoms with van der Waals surface area (Å²) in [6, 6.07) is 0. The normalized spacial score (nSPS) is 10.1. The summed E-state index contributed by atoms with van der Waals surface area (Å²) in [5, 5.41) is 3.11. The van der Waals surface area contributed by atoms with Crippen LogP contribution in [0.3, 0.4) is 0 Å². The third kappa shape index (κ3) is 3.78. The minimum absolute atomic E-state index is 0. The molecule has 126 valence electrons. The van der Waals surface area contributed by atoms with Crippen molar-refractivity contribution < 1.29 is 0 Å². The minimum atomic E-state index is -0.349. The molecule has 0 aliphatic carbocycles. The van der Waals surface area contributed by atoms with Gasteiger partial charge in [0.05, 0.1) is 0 Å². The molecule has 0 aliphatic rings. The fourth-order valence-corrected chi connectivity index (χ4v) is 2.19.